The van der Waals surface area contributed by atoms with E-state index in [9.17, 15) is 13.8 Å². The van der Waals surface area contributed by atoms with E-state index in [0.29, 0.717) is 26.1 Å². The number of nitrogens with zero attached hydrogens (tertiary/aromatic N) is 1. The SMILES string of the molecule is CCC(C(=O)O)S(=O)CCN1CCNC1=O. The molecular formula is C9H16N2O4S. The summed E-state index contributed by atoms with van der Waals surface area (Å²) in [7, 11) is -1.42. The average molecular weight is 248 g/mol. The van der Waals surface area contributed by atoms with Gasteiger partial charge in [0.15, 0.2) is 0 Å². The molecule has 2 unspecified atom stereocenters. The van der Waals surface area contributed by atoms with Gasteiger partial charge in [-0.15, -0.1) is 0 Å². The van der Waals surface area contributed by atoms with E-state index in [0.717, 1.165) is 0 Å². The standard InChI is InChI=1S/C9H16N2O4S/c1-2-7(8(12)13)16(15)6-5-11-4-3-10-9(11)14/h7H,2-6H2,1H3,(H,10,14)(H,12,13). The Morgan fingerprint density at radius 3 is 2.81 bits per heavy atom. The largest absolute Gasteiger partial charge is 0.480 e. The molecule has 0 radical (unpaired) electrons. The molecular weight excluding hydrogens is 232 g/mol. The Balaban J connectivity index is 2.39. The van der Waals surface area contributed by atoms with Crippen LogP contribution in [0, 0.1) is 0 Å². The maximum absolute atomic E-state index is 11.7. The molecule has 0 aromatic rings. The molecule has 2 N–H and O–H groups in total. The molecule has 1 aliphatic heterocycles. The minimum absolute atomic E-state index is 0.166. The maximum Gasteiger partial charge on any atom is 0.319 e. The minimum Gasteiger partial charge on any atom is -0.480 e. The quantitative estimate of drug-likeness (QED) is 0.671. The fraction of sp³-hybridized carbons (Fsp3) is 0.778. The summed E-state index contributed by atoms with van der Waals surface area (Å²) in [5, 5.41) is 10.6. The van der Waals surface area contributed by atoms with Crippen LogP contribution in [-0.4, -0.2) is 56.9 Å². The van der Waals surface area contributed by atoms with E-state index >= 15 is 0 Å². The molecule has 0 saturated carbocycles. The van der Waals surface area contributed by atoms with Gasteiger partial charge in [-0.1, -0.05) is 6.92 Å². The number of hydrogen-bond acceptors (Lipinski definition) is 3. The first kappa shape index (κ1) is 13.0. The summed E-state index contributed by atoms with van der Waals surface area (Å²) in [6, 6.07) is -0.166. The van der Waals surface area contributed by atoms with Gasteiger partial charge in [0.1, 0.15) is 5.25 Å². The van der Waals surface area contributed by atoms with Gasteiger partial charge < -0.3 is 15.3 Å². The van der Waals surface area contributed by atoms with Gasteiger partial charge in [-0.25, -0.2) is 4.79 Å². The van der Waals surface area contributed by atoms with Gasteiger partial charge in [0.05, 0.1) is 0 Å². The van der Waals surface area contributed by atoms with Crippen molar-refractivity contribution >= 4 is 22.8 Å². The number of aliphatic carboxylic acids is 1. The Bertz CT molecular complexity index is 308. The van der Waals surface area contributed by atoms with E-state index in [2.05, 4.69) is 5.32 Å². The summed E-state index contributed by atoms with van der Waals surface area (Å²) in [6.07, 6.45) is 0.341. The molecule has 1 aliphatic rings. The van der Waals surface area contributed by atoms with Crippen molar-refractivity contribution in [3.63, 3.8) is 0 Å². The van der Waals surface area contributed by atoms with Crippen molar-refractivity contribution in [3.05, 3.63) is 0 Å². The van der Waals surface area contributed by atoms with Crippen LogP contribution in [0.2, 0.25) is 0 Å². The molecule has 0 spiro atoms. The van der Waals surface area contributed by atoms with Crippen molar-refractivity contribution in [1.82, 2.24) is 10.2 Å². The zero-order valence-electron chi connectivity index (χ0n) is 9.14. The zero-order valence-corrected chi connectivity index (χ0v) is 9.96. The Morgan fingerprint density at radius 2 is 2.38 bits per heavy atom. The average Bonchev–Trinajstić information content (AvgIpc) is 2.61. The molecule has 0 aromatic carbocycles. The van der Waals surface area contributed by atoms with Gasteiger partial charge in [-0.05, 0) is 6.42 Å². The van der Waals surface area contributed by atoms with Crippen molar-refractivity contribution in [2.75, 3.05) is 25.4 Å². The second kappa shape index (κ2) is 5.83. The van der Waals surface area contributed by atoms with Gasteiger partial charge in [-0.2, -0.15) is 0 Å². The number of carboxylic acids is 1. The van der Waals surface area contributed by atoms with Crippen molar-refractivity contribution in [2.24, 2.45) is 0 Å². The molecule has 92 valence electrons. The molecule has 2 atom stereocenters. The third-order valence-corrected chi connectivity index (χ3v) is 4.23. The maximum atomic E-state index is 11.7. The van der Waals surface area contributed by atoms with Crippen molar-refractivity contribution in [3.8, 4) is 0 Å². The number of amides is 2. The molecule has 1 fully saturated rings. The molecule has 6 nitrogen and oxygen atoms in total. The van der Waals surface area contributed by atoms with Crippen LogP contribution < -0.4 is 5.32 Å². The van der Waals surface area contributed by atoms with Crippen LogP contribution in [0.5, 0.6) is 0 Å². The van der Waals surface area contributed by atoms with Gasteiger partial charge in [0.25, 0.3) is 0 Å². The van der Waals surface area contributed by atoms with Crippen LogP contribution >= 0.6 is 0 Å². The normalized spacial score (nSPS) is 19.3. The van der Waals surface area contributed by atoms with Crippen LogP contribution in [-0.2, 0) is 15.6 Å². The topological polar surface area (TPSA) is 86.7 Å². The van der Waals surface area contributed by atoms with Gasteiger partial charge >= 0.3 is 12.0 Å². The second-order valence-electron chi connectivity index (χ2n) is 3.54. The molecule has 1 saturated heterocycles. The van der Waals surface area contributed by atoms with Crippen molar-refractivity contribution < 1.29 is 18.9 Å². The predicted octanol–water partition coefficient (Wildman–Crippen LogP) is -0.376. The monoisotopic (exact) mass is 248 g/mol. The number of rotatable bonds is 6. The highest BCUT2D eigenvalue weighted by Gasteiger charge is 2.25. The lowest BCUT2D eigenvalue weighted by Gasteiger charge is -2.15. The first-order chi connectivity index (χ1) is 7.56. The van der Waals surface area contributed by atoms with Crippen LogP contribution in [0.25, 0.3) is 0 Å². The third-order valence-electron chi connectivity index (χ3n) is 2.47. The number of carbonyl (C=O) groups is 2. The van der Waals surface area contributed by atoms with E-state index in [1.54, 1.807) is 11.8 Å². The summed E-state index contributed by atoms with van der Waals surface area (Å²) >= 11 is 0. The number of carbonyl (C=O) groups excluding carboxylic acids is 1. The molecule has 1 heterocycles. The van der Waals surface area contributed by atoms with Crippen LogP contribution in [0.15, 0.2) is 0 Å². The van der Waals surface area contributed by atoms with E-state index in [4.69, 9.17) is 5.11 Å². The Kier molecular flexibility index (Phi) is 4.72. The van der Waals surface area contributed by atoms with E-state index in [-0.39, 0.29) is 11.8 Å². The summed E-state index contributed by atoms with van der Waals surface area (Å²) < 4.78 is 11.7. The summed E-state index contributed by atoms with van der Waals surface area (Å²) in [5.41, 5.74) is 0. The lowest BCUT2D eigenvalue weighted by Crippen LogP contribution is -2.35. The minimum atomic E-state index is -1.42. The predicted molar refractivity (Wildman–Crippen MR) is 59.7 cm³/mol. The number of nitrogens with one attached hydrogen (secondary N) is 1. The Morgan fingerprint density at radius 1 is 1.69 bits per heavy atom. The Labute approximate surface area is 96.5 Å². The Hall–Kier alpha value is -1.11. The lowest BCUT2D eigenvalue weighted by atomic mass is 10.3. The smallest absolute Gasteiger partial charge is 0.319 e. The molecule has 7 heteroatoms. The van der Waals surface area contributed by atoms with Gasteiger partial charge in [0, 0.05) is 36.2 Å². The fourth-order valence-corrected chi connectivity index (χ4v) is 2.82. The van der Waals surface area contributed by atoms with Gasteiger partial charge in [0.2, 0.25) is 0 Å². The highest BCUT2D eigenvalue weighted by Crippen LogP contribution is 2.04. The first-order valence-electron chi connectivity index (χ1n) is 5.19. The molecule has 0 bridgehead atoms. The van der Waals surface area contributed by atoms with Gasteiger partial charge in [-0.3, -0.25) is 9.00 Å². The lowest BCUT2D eigenvalue weighted by molar-refractivity contribution is -0.136. The molecule has 0 aromatic heterocycles. The fourth-order valence-electron chi connectivity index (χ4n) is 1.54. The van der Waals surface area contributed by atoms with E-state index < -0.39 is 22.0 Å². The van der Waals surface area contributed by atoms with Crippen molar-refractivity contribution in [1.29, 1.82) is 0 Å². The molecule has 0 aliphatic carbocycles. The first-order valence-corrected chi connectivity index (χ1v) is 6.57. The van der Waals surface area contributed by atoms with E-state index in [1.165, 1.54) is 0 Å². The summed E-state index contributed by atoms with van der Waals surface area (Å²) in [5.74, 6) is -0.815. The van der Waals surface area contributed by atoms with Crippen molar-refractivity contribution in [2.45, 2.75) is 18.6 Å². The van der Waals surface area contributed by atoms with E-state index in [1.807, 2.05) is 0 Å². The summed E-state index contributed by atoms with van der Waals surface area (Å²) in [4.78, 5) is 23.5. The van der Waals surface area contributed by atoms with Crippen LogP contribution in [0.1, 0.15) is 13.3 Å². The van der Waals surface area contributed by atoms with Crippen LogP contribution in [0.4, 0.5) is 4.79 Å². The number of hydrogen-bond donors (Lipinski definition) is 2. The molecule has 1 rings (SSSR count). The molecule has 2 amide bonds. The van der Waals surface area contributed by atoms with Crippen LogP contribution in [0.3, 0.4) is 0 Å². The highest BCUT2D eigenvalue weighted by atomic mass is 32.2. The summed E-state index contributed by atoms with van der Waals surface area (Å²) in [6.45, 7) is 3.24. The third kappa shape index (κ3) is 3.19. The zero-order chi connectivity index (χ0) is 12.1. The number of carboxylic acid groups (broad SMARTS) is 1. The molecule has 16 heavy (non-hydrogen) atoms. The second-order valence-corrected chi connectivity index (χ2v) is 5.28. The highest BCUT2D eigenvalue weighted by molar-refractivity contribution is 7.86. The number of urea groups is 1.